The zero-order valence-corrected chi connectivity index (χ0v) is 16.5. The molecule has 0 spiro atoms. The second-order valence-electron chi connectivity index (χ2n) is 6.55. The van der Waals surface area contributed by atoms with E-state index in [4.69, 9.17) is 4.74 Å². The molecule has 0 saturated carbocycles. The number of imidazole rings is 1. The van der Waals surface area contributed by atoms with Gasteiger partial charge in [0.05, 0.1) is 18.1 Å². The first kappa shape index (κ1) is 20.3. The Balaban J connectivity index is 1.43. The summed E-state index contributed by atoms with van der Waals surface area (Å²) in [6.45, 7) is -2.74. The van der Waals surface area contributed by atoms with Crippen molar-refractivity contribution >= 4 is 16.9 Å². The second kappa shape index (κ2) is 8.78. The Labute approximate surface area is 176 Å². The molecule has 158 valence electrons. The highest BCUT2D eigenvalue weighted by Gasteiger charge is 2.14. The van der Waals surface area contributed by atoms with E-state index in [1.54, 1.807) is 12.5 Å². The zero-order chi connectivity index (χ0) is 21.8. The number of fused-ring (bicyclic) bond motifs is 1. The van der Waals surface area contributed by atoms with Crippen LogP contribution in [0.15, 0.2) is 67.1 Å². The molecule has 1 N–H and O–H groups in total. The van der Waals surface area contributed by atoms with Crippen molar-refractivity contribution in [1.29, 1.82) is 0 Å². The van der Waals surface area contributed by atoms with Crippen LogP contribution in [0.25, 0.3) is 16.9 Å². The summed E-state index contributed by atoms with van der Waals surface area (Å²) in [5.74, 6) is 0.238. The van der Waals surface area contributed by atoms with Crippen LogP contribution < -0.4 is 14.8 Å². The molecule has 0 saturated heterocycles. The van der Waals surface area contributed by atoms with Gasteiger partial charge < -0.3 is 14.8 Å². The molecular formula is C22H18F2N4O3. The van der Waals surface area contributed by atoms with E-state index in [1.165, 1.54) is 25.3 Å². The zero-order valence-electron chi connectivity index (χ0n) is 16.5. The fourth-order valence-electron chi connectivity index (χ4n) is 3.09. The molecule has 4 rings (SSSR count). The Morgan fingerprint density at radius 2 is 1.94 bits per heavy atom. The summed E-state index contributed by atoms with van der Waals surface area (Å²) in [6, 6.07) is 15.5. The van der Waals surface area contributed by atoms with E-state index in [0.29, 0.717) is 5.82 Å². The van der Waals surface area contributed by atoms with E-state index in [2.05, 4.69) is 20.0 Å². The Hall–Kier alpha value is -4.01. The Bertz CT molecular complexity index is 1210. The lowest BCUT2D eigenvalue weighted by molar-refractivity contribution is -0.0512. The Kier molecular flexibility index (Phi) is 5.74. The van der Waals surface area contributed by atoms with Gasteiger partial charge in [0.15, 0.2) is 11.5 Å². The highest BCUT2D eigenvalue weighted by molar-refractivity contribution is 5.94. The van der Waals surface area contributed by atoms with Gasteiger partial charge in [0.1, 0.15) is 12.1 Å². The number of hydrogen-bond donors (Lipinski definition) is 1. The van der Waals surface area contributed by atoms with Crippen molar-refractivity contribution in [2.75, 3.05) is 7.11 Å². The lowest BCUT2D eigenvalue weighted by atomic mass is 10.2. The Morgan fingerprint density at radius 1 is 1.10 bits per heavy atom. The number of carbonyl (C=O) groups is 1. The first-order chi connectivity index (χ1) is 15.0. The van der Waals surface area contributed by atoms with Gasteiger partial charge in [-0.1, -0.05) is 18.2 Å². The van der Waals surface area contributed by atoms with E-state index < -0.39 is 6.61 Å². The SMILES string of the molecule is COc1cc(C(=O)NCc2ccc(-n3cnc4ccccc43)nc2)ccc1OC(F)F. The van der Waals surface area contributed by atoms with Crippen LogP contribution in [-0.4, -0.2) is 34.2 Å². The van der Waals surface area contributed by atoms with Gasteiger partial charge >= 0.3 is 6.61 Å². The summed E-state index contributed by atoms with van der Waals surface area (Å²) >= 11 is 0. The summed E-state index contributed by atoms with van der Waals surface area (Å²) in [5.41, 5.74) is 2.88. The quantitative estimate of drug-likeness (QED) is 0.486. The molecule has 2 heterocycles. The third-order valence-electron chi connectivity index (χ3n) is 4.60. The predicted molar refractivity (Wildman–Crippen MR) is 110 cm³/mol. The van der Waals surface area contributed by atoms with E-state index in [9.17, 15) is 13.6 Å². The standard InChI is InChI=1S/C22H18F2N4O3/c1-30-19-10-15(7-8-18(19)31-22(23)24)21(29)26-12-14-6-9-20(25-11-14)28-13-27-16-4-2-3-5-17(16)28/h2-11,13,22H,12H2,1H3,(H,26,29). The van der Waals surface area contributed by atoms with Crippen molar-refractivity contribution in [2.45, 2.75) is 13.2 Å². The Morgan fingerprint density at radius 3 is 2.68 bits per heavy atom. The maximum absolute atomic E-state index is 12.4. The largest absolute Gasteiger partial charge is 0.493 e. The summed E-state index contributed by atoms with van der Waals surface area (Å²) in [7, 11) is 1.31. The van der Waals surface area contributed by atoms with Crippen LogP contribution in [0.2, 0.25) is 0 Å². The summed E-state index contributed by atoms with van der Waals surface area (Å²) in [5, 5.41) is 2.77. The fourth-order valence-corrected chi connectivity index (χ4v) is 3.09. The summed E-state index contributed by atoms with van der Waals surface area (Å²) in [4.78, 5) is 21.2. The maximum atomic E-state index is 12.4. The third-order valence-corrected chi connectivity index (χ3v) is 4.60. The van der Waals surface area contributed by atoms with Gasteiger partial charge in [-0.15, -0.1) is 0 Å². The van der Waals surface area contributed by atoms with Gasteiger partial charge in [0, 0.05) is 18.3 Å². The molecule has 2 aromatic heterocycles. The highest BCUT2D eigenvalue weighted by atomic mass is 19.3. The molecule has 4 aromatic rings. The lowest BCUT2D eigenvalue weighted by Gasteiger charge is -2.11. The van der Waals surface area contributed by atoms with Crippen LogP contribution in [0.4, 0.5) is 8.78 Å². The minimum Gasteiger partial charge on any atom is -0.493 e. The molecule has 0 aliphatic rings. The number of halogens is 2. The van der Waals surface area contributed by atoms with Gasteiger partial charge in [-0.05, 0) is 42.0 Å². The van der Waals surface area contributed by atoms with E-state index in [-0.39, 0.29) is 29.5 Å². The van der Waals surface area contributed by atoms with Crippen LogP contribution in [0, 0.1) is 0 Å². The first-order valence-electron chi connectivity index (χ1n) is 9.33. The summed E-state index contributed by atoms with van der Waals surface area (Å²) in [6.07, 6.45) is 3.38. The molecule has 0 fully saturated rings. The van der Waals surface area contributed by atoms with Crippen LogP contribution >= 0.6 is 0 Å². The van der Waals surface area contributed by atoms with Crippen molar-refractivity contribution in [1.82, 2.24) is 19.9 Å². The number of ether oxygens (including phenoxy) is 2. The summed E-state index contributed by atoms with van der Waals surface area (Å²) < 4.78 is 36.1. The van der Waals surface area contributed by atoms with Gasteiger partial charge in [0.25, 0.3) is 5.91 Å². The molecular weight excluding hydrogens is 406 g/mol. The van der Waals surface area contributed by atoms with Gasteiger partial charge in [-0.25, -0.2) is 9.97 Å². The van der Waals surface area contributed by atoms with Gasteiger partial charge in [-0.2, -0.15) is 8.78 Å². The number of methoxy groups -OCH3 is 1. The molecule has 0 unspecified atom stereocenters. The number of para-hydroxylation sites is 2. The first-order valence-corrected chi connectivity index (χ1v) is 9.33. The molecule has 2 aromatic carbocycles. The van der Waals surface area contributed by atoms with Crippen LogP contribution in [-0.2, 0) is 6.54 Å². The lowest BCUT2D eigenvalue weighted by Crippen LogP contribution is -2.23. The van der Waals surface area contributed by atoms with Crippen molar-refractivity contribution in [3.63, 3.8) is 0 Å². The second-order valence-corrected chi connectivity index (χ2v) is 6.55. The monoisotopic (exact) mass is 424 g/mol. The number of carbonyl (C=O) groups excluding carboxylic acids is 1. The van der Waals surface area contributed by atoms with Crippen molar-refractivity contribution < 1.29 is 23.0 Å². The van der Waals surface area contributed by atoms with Crippen LogP contribution in [0.1, 0.15) is 15.9 Å². The molecule has 0 aliphatic heterocycles. The average molecular weight is 424 g/mol. The third kappa shape index (κ3) is 4.45. The number of rotatable bonds is 7. The van der Waals surface area contributed by atoms with Crippen molar-refractivity contribution in [3.8, 4) is 17.3 Å². The minimum atomic E-state index is -2.98. The minimum absolute atomic E-state index is 0.0477. The van der Waals surface area contributed by atoms with E-state index >= 15 is 0 Å². The fraction of sp³-hybridized carbons (Fsp3) is 0.136. The number of nitrogens with zero attached hydrogens (tertiary/aromatic N) is 3. The predicted octanol–water partition coefficient (Wildman–Crippen LogP) is 3.96. The molecule has 9 heteroatoms. The maximum Gasteiger partial charge on any atom is 0.387 e. The van der Waals surface area contributed by atoms with E-state index in [0.717, 1.165) is 16.6 Å². The molecule has 0 atom stereocenters. The number of alkyl halides is 2. The van der Waals surface area contributed by atoms with Gasteiger partial charge in [0.2, 0.25) is 0 Å². The molecule has 0 bridgehead atoms. The molecule has 0 radical (unpaired) electrons. The number of pyridine rings is 1. The van der Waals surface area contributed by atoms with Crippen LogP contribution in [0.5, 0.6) is 11.5 Å². The van der Waals surface area contributed by atoms with Crippen molar-refractivity contribution in [2.24, 2.45) is 0 Å². The highest BCUT2D eigenvalue weighted by Crippen LogP contribution is 2.29. The number of benzene rings is 2. The molecule has 0 aliphatic carbocycles. The average Bonchev–Trinajstić information content (AvgIpc) is 3.22. The topological polar surface area (TPSA) is 78.3 Å². The molecule has 7 nitrogen and oxygen atoms in total. The van der Waals surface area contributed by atoms with E-state index in [1.807, 2.05) is 41.0 Å². The number of aromatic nitrogens is 3. The molecule has 1 amide bonds. The molecule has 31 heavy (non-hydrogen) atoms. The number of amides is 1. The number of hydrogen-bond acceptors (Lipinski definition) is 5. The van der Waals surface area contributed by atoms with Gasteiger partial charge in [-0.3, -0.25) is 9.36 Å². The van der Waals surface area contributed by atoms with Crippen molar-refractivity contribution in [3.05, 3.63) is 78.2 Å². The smallest absolute Gasteiger partial charge is 0.387 e. The number of nitrogens with one attached hydrogen (secondary N) is 1. The van der Waals surface area contributed by atoms with Crippen LogP contribution in [0.3, 0.4) is 0 Å². The normalized spacial score (nSPS) is 11.0.